The fourth-order valence-electron chi connectivity index (χ4n) is 1.61. The molecule has 0 amide bonds. The maximum Gasteiger partial charge on any atom is 0.236 e. The zero-order valence-corrected chi connectivity index (χ0v) is 9.18. The van der Waals surface area contributed by atoms with Crippen molar-refractivity contribution in [3.05, 3.63) is 35.8 Å². The molecular formula is C10H10FNO2S. The molecule has 0 radical (unpaired) electrons. The molecule has 0 N–H and O–H groups in total. The monoisotopic (exact) mass is 227 g/mol. The first-order valence-corrected chi connectivity index (χ1v) is 6.22. The fraction of sp³-hybridized carbons (Fsp3) is 0.200. The van der Waals surface area contributed by atoms with Crippen LogP contribution in [0.2, 0.25) is 0 Å². The van der Waals surface area contributed by atoms with Crippen molar-refractivity contribution in [1.29, 1.82) is 0 Å². The van der Waals surface area contributed by atoms with Gasteiger partial charge in [-0.15, -0.1) is 0 Å². The Balaban J connectivity index is 2.92. The molecular weight excluding hydrogens is 217 g/mol. The van der Waals surface area contributed by atoms with Gasteiger partial charge in [-0.3, -0.25) is 0 Å². The summed E-state index contributed by atoms with van der Waals surface area (Å²) >= 11 is 0. The smallest absolute Gasteiger partial charge is 0.236 e. The highest BCUT2D eigenvalue weighted by Crippen LogP contribution is 2.22. The molecule has 1 heterocycles. The van der Waals surface area contributed by atoms with E-state index in [-0.39, 0.29) is 5.82 Å². The molecule has 0 unspecified atom stereocenters. The van der Waals surface area contributed by atoms with Crippen LogP contribution >= 0.6 is 0 Å². The normalized spacial score (nSPS) is 12.2. The Morgan fingerprint density at radius 3 is 2.60 bits per heavy atom. The zero-order valence-electron chi connectivity index (χ0n) is 8.36. The summed E-state index contributed by atoms with van der Waals surface area (Å²) in [5.74, 6) is -0.364. The van der Waals surface area contributed by atoms with Gasteiger partial charge < -0.3 is 0 Å². The molecule has 1 aromatic heterocycles. The number of benzene rings is 1. The van der Waals surface area contributed by atoms with Crippen molar-refractivity contribution in [3.8, 4) is 0 Å². The van der Waals surface area contributed by atoms with Crippen LogP contribution in [0.25, 0.3) is 10.9 Å². The van der Waals surface area contributed by atoms with Gasteiger partial charge in [0.2, 0.25) is 10.0 Å². The van der Waals surface area contributed by atoms with Crippen LogP contribution in [-0.2, 0) is 10.0 Å². The molecule has 1 aromatic carbocycles. The Bertz CT molecular complexity index is 628. The predicted octanol–water partition coefficient (Wildman–Crippen LogP) is 1.90. The van der Waals surface area contributed by atoms with E-state index in [0.29, 0.717) is 10.9 Å². The average Bonchev–Trinajstić information content (AvgIpc) is 2.43. The van der Waals surface area contributed by atoms with E-state index in [4.69, 9.17) is 0 Å². The molecule has 80 valence electrons. The highest BCUT2D eigenvalue weighted by atomic mass is 32.2. The lowest BCUT2D eigenvalue weighted by Gasteiger charge is -2.00. The van der Waals surface area contributed by atoms with Crippen LogP contribution < -0.4 is 0 Å². The Morgan fingerprint density at radius 1 is 1.33 bits per heavy atom. The largest absolute Gasteiger partial charge is 0.245 e. The van der Waals surface area contributed by atoms with Gasteiger partial charge in [0.05, 0.1) is 11.8 Å². The Labute approximate surface area is 87.2 Å². The maximum absolute atomic E-state index is 13.0. The molecule has 0 saturated heterocycles. The van der Waals surface area contributed by atoms with Gasteiger partial charge >= 0.3 is 0 Å². The molecule has 0 aliphatic heterocycles. The predicted molar refractivity (Wildman–Crippen MR) is 56.9 cm³/mol. The number of hydrogen-bond acceptors (Lipinski definition) is 2. The summed E-state index contributed by atoms with van der Waals surface area (Å²) in [5, 5.41) is 0.625. The third kappa shape index (κ3) is 1.63. The second-order valence-corrected chi connectivity index (χ2v) is 5.39. The van der Waals surface area contributed by atoms with E-state index in [9.17, 15) is 12.8 Å². The van der Waals surface area contributed by atoms with E-state index in [1.54, 1.807) is 6.92 Å². The van der Waals surface area contributed by atoms with Gasteiger partial charge in [-0.2, -0.15) is 0 Å². The minimum absolute atomic E-state index is 0.364. The molecule has 2 aromatic rings. The van der Waals surface area contributed by atoms with E-state index >= 15 is 0 Å². The van der Waals surface area contributed by atoms with Crippen LogP contribution in [0.15, 0.2) is 24.4 Å². The SMILES string of the molecule is Cc1cn(S(C)(=O)=O)c2ccc(F)cc12. The number of rotatable bonds is 1. The van der Waals surface area contributed by atoms with Crippen LogP contribution in [0.1, 0.15) is 5.56 Å². The summed E-state index contributed by atoms with van der Waals surface area (Å²) in [6, 6.07) is 4.06. The first-order valence-electron chi connectivity index (χ1n) is 4.37. The van der Waals surface area contributed by atoms with E-state index in [1.807, 2.05) is 0 Å². The molecule has 0 fully saturated rings. The lowest BCUT2D eigenvalue weighted by Crippen LogP contribution is -2.08. The summed E-state index contributed by atoms with van der Waals surface area (Å²) in [5.41, 5.74) is 1.26. The summed E-state index contributed by atoms with van der Waals surface area (Å²) in [6.45, 7) is 1.75. The first-order chi connectivity index (χ1) is 6.89. The lowest BCUT2D eigenvalue weighted by molar-refractivity contribution is 0.595. The fourth-order valence-corrected chi connectivity index (χ4v) is 2.47. The molecule has 15 heavy (non-hydrogen) atoms. The Hall–Kier alpha value is -1.36. The van der Waals surface area contributed by atoms with Gasteiger partial charge in [0.25, 0.3) is 0 Å². The average molecular weight is 227 g/mol. The third-order valence-electron chi connectivity index (χ3n) is 2.29. The van der Waals surface area contributed by atoms with Gasteiger partial charge in [-0.25, -0.2) is 16.8 Å². The van der Waals surface area contributed by atoms with Crippen molar-refractivity contribution in [2.45, 2.75) is 6.92 Å². The van der Waals surface area contributed by atoms with E-state index in [2.05, 4.69) is 0 Å². The number of nitrogens with zero attached hydrogens (tertiary/aromatic N) is 1. The Kier molecular flexibility index (Phi) is 2.08. The molecule has 0 bridgehead atoms. The zero-order chi connectivity index (χ0) is 11.2. The Morgan fingerprint density at radius 2 is 2.00 bits per heavy atom. The molecule has 0 spiro atoms. The molecule has 5 heteroatoms. The van der Waals surface area contributed by atoms with Crippen LogP contribution in [0.4, 0.5) is 4.39 Å². The van der Waals surface area contributed by atoms with Gasteiger partial charge in [0.1, 0.15) is 5.82 Å². The molecule has 0 aliphatic rings. The van der Waals surface area contributed by atoms with Gasteiger partial charge in [-0.05, 0) is 30.7 Å². The van der Waals surface area contributed by atoms with Crippen LogP contribution in [-0.4, -0.2) is 18.6 Å². The van der Waals surface area contributed by atoms with Crippen molar-refractivity contribution in [2.24, 2.45) is 0 Å². The summed E-state index contributed by atoms with van der Waals surface area (Å²) in [7, 11) is -3.33. The van der Waals surface area contributed by atoms with Gasteiger partial charge in [0.15, 0.2) is 0 Å². The quantitative estimate of drug-likeness (QED) is 0.746. The molecule has 3 nitrogen and oxygen atoms in total. The van der Waals surface area contributed by atoms with Gasteiger partial charge in [0, 0.05) is 11.6 Å². The summed E-state index contributed by atoms with van der Waals surface area (Å²) in [4.78, 5) is 0. The van der Waals surface area contributed by atoms with Crippen LogP contribution in [0.5, 0.6) is 0 Å². The number of halogens is 1. The number of hydrogen-bond donors (Lipinski definition) is 0. The summed E-state index contributed by atoms with van der Waals surface area (Å²) in [6.07, 6.45) is 2.62. The van der Waals surface area contributed by atoms with Crippen molar-refractivity contribution < 1.29 is 12.8 Å². The van der Waals surface area contributed by atoms with Crippen molar-refractivity contribution in [3.63, 3.8) is 0 Å². The maximum atomic E-state index is 13.0. The van der Waals surface area contributed by atoms with Crippen molar-refractivity contribution >= 4 is 20.9 Å². The number of aromatic nitrogens is 1. The van der Waals surface area contributed by atoms with Gasteiger partial charge in [-0.1, -0.05) is 0 Å². The third-order valence-corrected chi connectivity index (χ3v) is 3.31. The minimum Gasteiger partial charge on any atom is -0.245 e. The standard InChI is InChI=1S/C10H10FNO2S/c1-7-6-12(15(2,13)14)10-4-3-8(11)5-9(7)10/h3-6H,1-2H3. The molecule has 0 atom stereocenters. The second-order valence-electron chi connectivity index (χ2n) is 3.53. The van der Waals surface area contributed by atoms with Crippen molar-refractivity contribution in [2.75, 3.05) is 6.26 Å². The molecule has 0 aliphatic carbocycles. The minimum atomic E-state index is -3.33. The highest BCUT2D eigenvalue weighted by Gasteiger charge is 2.12. The topological polar surface area (TPSA) is 39.1 Å². The number of aryl methyl sites for hydroxylation is 1. The second kappa shape index (κ2) is 3.06. The molecule has 0 saturated carbocycles. The molecule has 2 rings (SSSR count). The van der Waals surface area contributed by atoms with E-state index in [1.165, 1.54) is 24.4 Å². The number of fused-ring (bicyclic) bond motifs is 1. The summed E-state index contributed by atoms with van der Waals surface area (Å²) < 4.78 is 37.0. The van der Waals surface area contributed by atoms with E-state index < -0.39 is 10.0 Å². The van der Waals surface area contributed by atoms with Crippen LogP contribution in [0.3, 0.4) is 0 Å². The lowest BCUT2D eigenvalue weighted by atomic mass is 10.2. The first kappa shape index (κ1) is 10.2. The van der Waals surface area contributed by atoms with Crippen LogP contribution in [0, 0.1) is 12.7 Å². The van der Waals surface area contributed by atoms with Crippen molar-refractivity contribution in [1.82, 2.24) is 3.97 Å². The van der Waals surface area contributed by atoms with E-state index in [0.717, 1.165) is 15.8 Å². The highest BCUT2D eigenvalue weighted by molar-refractivity contribution is 7.89.